The minimum absolute atomic E-state index is 0.171. The van der Waals surface area contributed by atoms with E-state index >= 15 is 4.39 Å². The minimum atomic E-state index is -0.732. The zero-order valence-electron chi connectivity index (χ0n) is 20.7. The van der Waals surface area contributed by atoms with Crippen LogP contribution in [0.5, 0.6) is 0 Å². The van der Waals surface area contributed by atoms with Crippen LogP contribution in [0.1, 0.15) is 39.7 Å². The van der Waals surface area contributed by atoms with Crippen LogP contribution in [-0.4, -0.2) is 40.4 Å². The van der Waals surface area contributed by atoms with E-state index in [4.69, 9.17) is 9.47 Å². The standard InChI is InChI=1S/C27H30FN3O4/c1-6-34-25(32)18-11-13-30(14-12-18)19-8-9-21(28)20(16-19)24-29-22-15-17(2)7-10-23(22)31(24)26(33)35-27(3,4)5/h7-11,13,15-16,18H,6,12,14H2,1-5H3. The zero-order valence-corrected chi connectivity index (χ0v) is 20.7. The van der Waals surface area contributed by atoms with Crippen LogP contribution in [0.15, 0.2) is 48.7 Å². The van der Waals surface area contributed by atoms with E-state index in [2.05, 4.69) is 4.98 Å². The van der Waals surface area contributed by atoms with Crippen molar-refractivity contribution in [1.29, 1.82) is 0 Å². The number of nitrogens with zero attached hydrogens (tertiary/aromatic N) is 3. The summed E-state index contributed by atoms with van der Waals surface area (Å²) in [5.74, 6) is -0.879. The number of hydrogen-bond acceptors (Lipinski definition) is 6. The Morgan fingerprint density at radius 3 is 2.60 bits per heavy atom. The molecule has 8 heteroatoms. The molecule has 0 radical (unpaired) electrons. The second-order valence-corrected chi connectivity index (χ2v) is 9.59. The third-order valence-corrected chi connectivity index (χ3v) is 5.68. The predicted octanol–water partition coefficient (Wildman–Crippen LogP) is 5.84. The Morgan fingerprint density at radius 1 is 1.17 bits per heavy atom. The van der Waals surface area contributed by atoms with Gasteiger partial charge >= 0.3 is 12.1 Å². The average molecular weight is 480 g/mol. The molecule has 0 N–H and O–H groups in total. The van der Waals surface area contributed by atoms with Crippen molar-refractivity contribution in [2.24, 2.45) is 5.92 Å². The Labute approximate surface area is 204 Å². The van der Waals surface area contributed by atoms with Crippen molar-refractivity contribution in [3.8, 4) is 11.4 Å². The van der Waals surface area contributed by atoms with E-state index in [1.807, 2.05) is 30.2 Å². The first-order valence-electron chi connectivity index (χ1n) is 11.7. The van der Waals surface area contributed by atoms with Gasteiger partial charge in [-0.05, 0) is 76.9 Å². The number of anilines is 1. The average Bonchev–Trinajstić information content (AvgIpc) is 3.17. The van der Waals surface area contributed by atoms with Gasteiger partial charge in [0.2, 0.25) is 0 Å². The number of imidazole rings is 1. The molecule has 2 aromatic carbocycles. The molecule has 0 saturated heterocycles. The fourth-order valence-corrected chi connectivity index (χ4v) is 4.04. The molecule has 3 aromatic rings. The highest BCUT2D eigenvalue weighted by Crippen LogP contribution is 2.32. The van der Waals surface area contributed by atoms with E-state index in [0.29, 0.717) is 30.6 Å². The summed E-state index contributed by atoms with van der Waals surface area (Å²) >= 11 is 0. The Morgan fingerprint density at radius 2 is 1.94 bits per heavy atom. The predicted molar refractivity (Wildman–Crippen MR) is 133 cm³/mol. The Hall–Kier alpha value is -3.68. The van der Waals surface area contributed by atoms with Crippen molar-refractivity contribution in [1.82, 2.24) is 9.55 Å². The number of carbonyl (C=O) groups excluding carboxylic acids is 2. The van der Waals surface area contributed by atoms with Gasteiger partial charge in [0.25, 0.3) is 0 Å². The molecule has 7 nitrogen and oxygen atoms in total. The van der Waals surface area contributed by atoms with Crippen LogP contribution in [0.2, 0.25) is 0 Å². The largest absolute Gasteiger partial charge is 0.466 e. The lowest BCUT2D eigenvalue weighted by atomic mass is 10.0. The first-order valence-corrected chi connectivity index (χ1v) is 11.7. The normalized spacial score (nSPS) is 15.9. The number of halogens is 1. The summed E-state index contributed by atoms with van der Waals surface area (Å²) in [6, 6.07) is 10.2. The third kappa shape index (κ3) is 5.21. The Kier molecular flexibility index (Phi) is 6.65. The summed E-state index contributed by atoms with van der Waals surface area (Å²) in [7, 11) is 0. The Balaban J connectivity index is 1.76. The van der Waals surface area contributed by atoms with Crippen molar-refractivity contribution in [2.45, 2.75) is 46.6 Å². The van der Waals surface area contributed by atoms with Gasteiger partial charge in [-0.3, -0.25) is 4.79 Å². The molecule has 1 aliphatic heterocycles. The maximum atomic E-state index is 15.2. The molecule has 1 atom stereocenters. The molecule has 0 aliphatic carbocycles. The van der Waals surface area contributed by atoms with Crippen molar-refractivity contribution in [2.75, 3.05) is 18.1 Å². The van der Waals surface area contributed by atoms with E-state index in [-0.39, 0.29) is 23.3 Å². The van der Waals surface area contributed by atoms with Gasteiger partial charge in [-0.25, -0.2) is 18.7 Å². The maximum Gasteiger partial charge on any atom is 0.420 e. The topological polar surface area (TPSA) is 73.7 Å². The van der Waals surface area contributed by atoms with Crippen LogP contribution in [0, 0.1) is 18.7 Å². The lowest BCUT2D eigenvalue weighted by Gasteiger charge is -2.27. The van der Waals surface area contributed by atoms with Gasteiger partial charge in [-0.2, -0.15) is 0 Å². The maximum absolute atomic E-state index is 15.2. The van der Waals surface area contributed by atoms with Gasteiger partial charge < -0.3 is 14.4 Å². The molecule has 35 heavy (non-hydrogen) atoms. The van der Waals surface area contributed by atoms with Gasteiger partial charge in [0.05, 0.1) is 29.1 Å². The number of fused-ring (bicyclic) bond motifs is 1. The van der Waals surface area contributed by atoms with Gasteiger partial charge in [-0.1, -0.05) is 12.1 Å². The van der Waals surface area contributed by atoms with Crippen molar-refractivity contribution in [3.63, 3.8) is 0 Å². The number of hydrogen-bond donors (Lipinski definition) is 0. The van der Waals surface area contributed by atoms with E-state index in [1.165, 1.54) is 10.6 Å². The first-order chi connectivity index (χ1) is 16.6. The van der Waals surface area contributed by atoms with Crippen molar-refractivity contribution in [3.05, 3.63) is 60.1 Å². The molecule has 0 spiro atoms. The fourth-order valence-electron chi connectivity index (χ4n) is 4.04. The van der Waals surface area contributed by atoms with Crippen LogP contribution < -0.4 is 4.90 Å². The summed E-state index contributed by atoms with van der Waals surface area (Å²) in [6.07, 6.45) is 3.56. The monoisotopic (exact) mass is 479 g/mol. The number of rotatable bonds is 4. The van der Waals surface area contributed by atoms with Crippen LogP contribution in [0.3, 0.4) is 0 Å². The van der Waals surface area contributed by atoms with Crippen LogP contribution in [0.25, 0.3) is 22.4 Å². The van der Waals surface area contributed by atoms with Gasteiger partial charge in [0.15, 0.2) is 5.82 Å². The molecule has 184 valence electrons. The number of aromatic nitrogens is 2. The molecule has 1 aromatic heterocycles. The van der Waals surface area contributed by atoms with Crippen LogP contribution in [0.4, 0.5) is 14.9 Å². The van der Waals surface area contributed by atoms with Crippen molar-refractivity contribution >= 4 is 28.8 Å². The number of carbonyl (C=O) groups is 2. The molecule has 2 heterocycles. The SMILES string of the molecule is CCOC(=O)C1C=CN(c2ccc(F)c(-c3nc4cc(C)ccc4n3C(=O)OC(C)(C)C)c2)CC1. The molecular weight excluding hydrogens is 449 g/mol. The molecule has 0 amide bonds. The number of benzene rings is 2. The van der Waals surface area contributed by atoms with Gasteiger partial charge in [0.1, 0.15) is 11.4 Å². The van der Waals surface area contributed by atoms with E-state index in [1.54, 1.807) is 52.0 Å². The highest BCUT2D eigenvalue weighted by Gasteiger charge is 2.27. The smallest absolute Gasteiger partial charge is 0.420 e. The molecule has 4 rings (SSSR count). The van der Waals surface area contributed by atoms with Gasteiger partial charge in [0, 0.05) is 18.4 Å². The Bertz CT molecular complexity index is 1310. The summed E-state index contributed by atoms with van der Waals surface area (Å²) in [6.45, 7) is 9.95. The number of aryl methyl sites for hydroxylation is 1. The van der Waals surface area contributed by atoms with E-state index in [9.17, 15) is 9.59 Å². The molecular formula is C27H30FN3O4. The van der Waals surface area contributed by atoms with Crippen LogP contribution >= 0.6 is 0 Å². The second kappa shape index (κ2) is 9.52. The molecule has 0 bridgehead atoms. The lowest BCUT2D eigenvalue weighted by molar-refractivity contribution is -0.146. The molecule has 0 fully saturated rings. The molecule has 1 unspecified atom stereocenters. The van der Waals surface area contributed by atoms with E-state index in [0.717, 1.165) is 11.3 Å². The van der Waals surface area contributed by atoms with E-state index < -0.39 is 17.5 Å². The molecule has 0 saturated carbocycles. The second-order valence-electron chi connectivity index (χ2n) is 9.59. The fraction of sp³-hybridized carbons (Fsp3) is 0.370. The summed E-state index contributed by atoms with van der Waals surface area (Å²) in [4.78, 5) is 31.8. The first kappa shape index (κ1) is 24.4. The summed E-state index contributed by atoms with van der Waals surface area (Å²) in [5, 5.41) is 0. The minimum Gasteiger partial charge on any atom is -0.466 e. The van der Waals surface area contributed by atoms with Crippen LogP contribution in [-0.2, 0) is 14.3 Å². The highest BCUT2D eigenvalue weighted by atomic mass is 19.1. The lowest BCUT2D eigenvalue weighted by Crippen LogP contribution is -2.29. The highest BCUT2D eigenvalue weighted by molar-refractivity contribution is 5.92. The third-order valence-electron chi connectivity index (χ3n) is 5.68. The van der Waals surface area contributed by atoms with Crippen molar-refractivity contribution < 1.29 is 23.5 Å². The number of ether oxygens (including phenoxy) is 2. The summed E-state index contributed by atoms with van der Waals surface area (Å²) in [5.41, 5.74) is 2.26. The molecule has 1 aliphatic rings. The quantitative estimate of drug-likeness (QED) is 0.438. The van der Waals surface area contributed by atoms with Gasteiger partial charge in [-0.15, -0.1) is 0 Å². The zero-order chi connectivity index (χ0) is 25.3. The number of esters is 1. The summed E-state index contributed by atoms with van der Waals surface area (Å²) < 4.78 is 27.2.